The van der Waals surface area contributed by atoms with Gasteiger partial charge in [0.05, 0.1) is 16.6 Å². The van der Waals surface area contributed by atoms with Gasteiger partial charge in [0.15, 0.2) is 0 Å². The summed E-state index contributed by atoms with van der Waals surface area (Å²) in [6, 6.07) is 21.4. The van der Waals surface area contributed by atoms with Crippen molar-refractivity contribution in [2.45, 2.75) is 12.5 Å². The van der Waals surface area contributed by atoms with E-state index in [2.05, 4.69) is 75.8 Å². The molecule has 4 heteroatoms. The average molecular weight is 326 g/mol. The number of hydrogen-bond donors (Lipinski definition) is 1. The third-order valence-corrected chi connectivity index (χ3v) is 4.90. The zero-order valence-electron chi connectivity index (χ0n) is 13.8. The van der Waals surface area contributed by atoms with Crippen molar-refractivity contribution in [3.8, 4) is 0 Å². The second-order valence-corrected chi connectivity index (χ2v) is 6.47. The zero-order valence-corrected chi connectivity index (χ0v) is 13.8. The molecule has 5 rings (SSSR count). The predicted octanol–water partition coefficient (Wildman–Crippen LogP) is 3.91. The maximum atomic E-state index is 4.81. The molecule has 0 spiro atoms. The summed E-state index contributed by atoms with van der Waals surface area (Å²) in [7, 11) is 0. The quantitative estimate of drug-likeness (QED) is 0.620. The van der Waals surface area contributed by atoms with Gasteiger partial charge in [-0.2, -0.15) is 5.10 Å². The molecule has 1 aliphatic heterocycles. The molecule has 2 aromatic heterocycles. The Morgan fingerprint density at radius 3 is 2.68 bits per heavy atom. The highest BCUT2D eigenvalue weighted by molar-refractivity contribution is 6.06. The number of fused-ring (bicyclic) bond motifs is 3. The molecule has 0 amide bonds. The van der Waals surface area contributed by atoms with Crippen molar-refractivity contribution in [2.24, 2.45) is 5.10 Å². The van der Waals surface area contributed by atoms with Gasteiger partial charge in [-0.25, -0.2) is 0 Å². The minimum atomic E-state index is 0.292. The van der Waals surface area contributed by atoms with Crippen LogP contribution in [0.1, 0.15) is 17.0 Å². The first-order valence-corrected chi connectivity index (χ1v) is 8.57. The van der Waals surface area contributed by atoms with Crippen LogP contribution in [0.4, 0.5) is 0 Å². The van der Waals surface area contributed by atoms with E-state index in [1.54, 1.807) is 0 Å². The summed E-state index contributed by atoms with van der Waals surface area (Å²) in [5.41, 5.74) is 9.01. The fourth-order valence-corrected chi connectivity index (χ4v) is 3.61. The molecule has 1 unspecified atom stereocenters. The molecule has 0 fully saturated rings. The highest BCUT2D eigenvalue weighted by Gasteiger charge is 2.17. The fourth-order valence-electron chi connectivity index (χ4n) is 3.61. The Morgan fingerprint density at radius 1 is 1.00 bits per heavy atom. The molecule has 25 heavy (non-hydrogen) atoms. The summed E-state index contributed by atoms with van der Waals surface area (Å²) in [6.45, 7) is 1.68. The number of nitrogens with zero attached hydrogens (tertiary/aromatic N) is 3. The highest BCUT2D eigenvalue weighted by Crippen LogP contribution is 2.30. The second kappa shape index (κ2) is 5.74. The molecule has 1 atom stereocenters. The topological polar surface area (TPSA) is 42.2 Å². The van der Waals surface area contributed by atoms with Gasteiger partial charge < -0.3 is 9.99 Å². The zero-order chi connectivity index (χ0) is 16.6. The van der Waals surface area contributed by atoms with Crippen LogP contribution in [0.5, 0.6) is 0 Å². The second-order valence-electron chi connectivity index (χ2n) is 6.47. The van der Waals surface area contributed by atoms with Crippen molar-refractivity contribution in [3.05, 3.63) is 78.0 Å². The van der Waals surface area contributed by atoms with E-state index in [1.165, 1.54) is 27.5 Å². The Bertz CT molecular complexity index is 1080. The molecule has 1 N–H and O–H groups in total. The molecular weight excluding hydrogens is 308 g/mol. The van der Waals surface area contributed by atoms with Gasteiger partial charge in [0.1, 0.15) is 0 Å². The molecular formula is C21H18N4. The van der Waals surface area contributed by atoms with Crippen LogP contribution >= 0.6 is 0 Å². The molecule has 2 aromatic carbocycles. The van der Waals surface area contributed by atoms with E-state index in [-0.39, 0.29) is 0 Å². The van der Waals surface area contributed by atoms with Crippen LogP contribution in [0.2, 0.25) is 0 Å². The van der Waals surface area contributed by atoms with Gasteiger partial charge in [-0.05, 0) is 23.3 Å². The van der Waals surface area contributed by atoms with Crippen LogP contribution in [-0.2, 0) is 6.54 Å². The van der Waals surface area contributed by atoms with E-state index >= 15 is 0 Å². The highest BCUT2D eigenvalue weighted by atomic mass is 15.3. The first-order valence-electron chi connectivity index (χ1n) is 8.57. The third kappa shape index (κ3) is 2.38. The molecule has 4 nitrogen and oxygen atoms in total. The van der Waals surface area contributed by atoms with E-state index in [9.17, 15) is 0 Å². The molecule has 0 radical (unpaired) electrons. The lowest BCUT2D eigenvalue weighted by atomic mass is 10.0. The lowest BCUT2D eigenvalue weighted by Crippen LogP contribution is -2.09. The fraction of sp³-hybridized carbons (Fsp3) is 0.143. The van der Waals surface area contributed by atoms with E-state index in [0.717, 1.165) is 18.6 Å². The van der Waals surface area contributed by atoms with Gasteiger partial charge in [-0.15, -0.1) is 0 Å². The molecule has 3 heterocycles. The number of rotatable bonds is 3. The molecule has 0 aliphatic carbocycles. The van der Waals surface area contributed by atoms with Crippen molar-refractivity contribution in [1.82, 2.24) is 15.0 Å². The predicted molar refractivity (Wildman–Crippen MR) is 102 cm³/mol. The van der Waals surface area contributed by atoms with Gasteiger partial charge >= 0.3 is 0 Å². The Kier molecular flexibility index (Phi) is 3.27. The monoisotopic (exact) mass is 326 g/mol. The molecule has 1 aliphatic rings. The van der Waals surface area contributed by atoms with Crippen LogP contribution < -0.4 is 5.43 Å². The Morgan fingerprint density at radius 2 is 1.84 bits per heavy atom. The SMILES string of the molecule is C1=NNCC1c1cnc2c3ccccc3n(Cc3ccccc3)c2c1. The Balaban J connectivity index is 1.73. The van der Waals surface area contributed by atoms with Crippen molar-refractivity contribution in [1.29, 1.82) is 0 Å². The van der Waals surface area contributed by atoms with Crippen LogP contribution in [-0.4, -0.2) is 22.3 Å². The number of hydrazone groups is 1. The summed E-state index contributed by atoms with van der Waals surface area (Å²) in [5, 5.41) is 5.35. The standard InChI is InChI=1S/C21H18N4/c1-2-6-15(7-3-1)14-25-19-9-5-4-8-18(19)21-20(25)10-16(11-22-21)17-12-23-24-13-17/h1-12,17,24H,13-14H2. The van der Waals surface area contributed by atoms with Crippen molar-refractivity contribution >= 4 is 28.2 Å². The summed E-state index contributed by atoms with van der Waals surface area (Å²) in [6.07, 6.45) is 3.96. The third-order valence-electron chi connectivity index (χ3n) is 4.90. The van der Waals surface area contributed by atoms with Gasteiger partial charge in [-0.3, -0.25) is 4.98 Å². The minimum Gasteiger partial charge on any atom is -0.335 e. The number of nitrogens with one attached hydrogen (secondary N) is 1. The number of aromatic nitrogens is 2. The Labute approximate surface area is 145 Å². The summed E-state index contributed by atoms with van der Waals surface area (Å²) in [4.78, 5) is 4.81. The smallest absolute Gasteiger partial charge is 0.0960 e. The molecule has 0 saturated carbocycles. The van der Waals surface area contributed by atoms with Gasteiger partial charge in [0.2, 0.25) is 0 Å². The van der Waals surface area contributed by atoms with Crippen molar-refractivity contribution in [2.75, 3.05) is 6.54 Å². The molecule has 4 aromatic rings. The van der Waals surface area contributed by atoms with E-state index in [0.29, 0.717) is 5.92 Å². The van der Waals surface area contributed by atoms with Crippen molar-refractivity contribution in [3.63, 3.8) is 0 Å². The number of pyridine rings is 1. The maximum absolute atomic E-state index is 4.81. The van der Waals surface area contributed by atoms with Gasteiger partial charge in [-0.1, -0.05) is 48.5 Å². The average Bonchev–Trinajstić information content (AvgIpc) is 3.30. The normalized spacial score (nSPS) is 16.6. The van der Waals surface area contributed by atoms with E-state index < -0.39 is 0 Å². The molecule has 122 valence electrons. The molecule has 0 bridgehead atoms. The maximum Gasteiger partial charge on any atom is 0.0960 e. The van der Waals surface area contributed by atoms with Crippen LogP contribution in [0, 0.1) is 0 Å². The summed E-state index contributed by atoms with van der Waals surface area (Å²) in [5.74, 6) is 0.292. The van der Waals surface area contributed by atoms with Crippen LogP contribution in [0.25, 0.3) is 21.9 Å². The lowest BCUT2D eigenvalue weighted by molar-refractivity contribution is 0.762. The number of benzene rings is 2. The summed E-state index contributed by atoms with van der Waals surface area (Å²) >= 11 is 0. The largest absolute Gasteiger partial charge is 0.335 e. The Hall–Kier alpha value is -3.14. The minimum absolute atomic E-state index is 0.292. The first kappa shape index (κ1) is 14.2. The number of para-hydroxylation sites is 1. The first-order chi connectivity index (χ1) is 12.4. The van der Waals surface area contributed by atoms with Crippen molar-refractivity contribution < 1.29 is 0 Å². The summed E-state index contributed by atoms with van der Waals surface area (Å²) < 4.78 is 2.37. The molecule has 0 saturated heterocycles. The van der Waals surface area contributed by atoms with E-state index in [1.807, 2.05) is 12.4 Å². The van der Waals surface area contributed by atoms with E-state index in [4.69, 9.17) is 4.98 Å². The lowest BCUT2D eigenvalue weighted by Gasteiger charge is -2.10. The van der Waals surface area contributed by atoms with Gasteiger partial charge in [0, 0.05) is 36.8 Å². The van der Waals surface area contributed by atoms with Gasteiger partial charge in [0.25, 0.3) is 0 Å². The van der Waals surface area contributed by atoms with Crippen LogP contribution in [0.3, 0.4) is 0 Å². The number of hydrogen-bond acceptors (Lipinski definition) is 3. The van der Waals surface area contributed by atoms with Crippen LogP contribution in [0.15, 0.2) is 72.0 Å².